The maximum atomic E-state index is 6.48. The van der Waals surface area contributed by atoms with Gasteiger partial charge in [-0.05, 0) is 43.7 Å². The second kappa shape index (κ2) is 3.86. The zero-order valence-electron chi connectivity index (χ0n) is 9.65. The summed E-state index contributed by atoms with van der Waals surface area (Å²) in [6.07, 6.45) is 5.20. The van der Waals surface area contributed by atoms with Gasteiger partial charge in [0.25, 0.3) is 0 Å². The van der Waals surface area contributed by atoms with Crippen LogP contribution in [-0.4, -0.2) is 12.1 Å². The molecule has 1 aliphatic carbocycles. The van der Waals surface area contributed by atoms with Crippen LogP contribution < -0.4 is 11.1 Å². The largest absolute Gasteiger partial charge is 0.322 e. The Labute approximate surface area is 97.2 Å². The van der Waals surface area contributed by atoms with E-state index in [2.05, 4.69) is 35.6 Å². The first-order chi connectivity index (χ1) is 7.80. The molecule has 1 aromatic rings. The summed E-state index contributed by atoms with van der Waals surface area (Å²) in [5.74, 6) is 0.907. The van der Waals surface area contributed by atoms with E-state index in [0.717, 1.165) is 5.92 Å². The molecule has 1 aromatic carbocycles. The molecule has 0 radical (unpaired) electrons. The molecule has 2 nitrogen and oxygen atoms in total. The van der Waals surface area contributed by atoms with Crippen molar-refractivity contribution in [2.24, 2.45) is 11.7 Å². The highest BCUT2D eigenvalue weighted by atomic mass is 15.0. The molecule has 3 fully saturated rings. The molecule has 16 heavy (non-hydrogen) atoms. The Bertz CT molecular complexity index is 338. The molecule has 2 bridgehead atoms. The molecule has 86 valence electrons. The Balaban J connectivity index is 1.86. The Hall–Kier alpha value is -0.860. The summed E-state index contributed by atoms with van der Waals surface area (Å²) >= 11 is 0. The minimum atomic E-state index is 0.148. The number of hydrogen-bond donors (Lipinski definition) is 2. The van der Waals surface area contributed by atoms with Gasteiger partial charge in [0, 0.05) is 11.6 Å². The molecule has 2 heteroatoms. The molecule has 4 rings (SSSR count). The molecular weight excluding hydrogens is 196 g/mol. The van der Waals surface area contributed by atoms with Crippen LogP contribution in [0.25, 0.3) is 0 Å². The summed E-state index contributed by atoms with van der Waals surface area (Å²) in [6, 6.07) is 10.7. The third-order valence-corrected chi connectivity index (χ3v) is 4.49. The highest BCUT2D eigenvalue weighted by Gasteiger charge is 2.44. The molecular formula is C14H20N2. The molecule has 3 N–H and O–H groups in total. The van der Waals surface area contributed by atoms with E-state index in [4.69, 9.17) is 5.73 Å². The van der Waals surface area contributed by atoms with E-state index in [9.17, 15) is 0 Å². The maximum Gasteiger partial charge on any atom is 0.0479 e. The average Bonchev–Trinajstić information content (AvgIpc) is 2.41. The highest BCUT2D eigenvalue weighted by Crippen LogP contribution is 2.42. The average molecular weight is 216 g/mol. The van der Waals surface area contributed by atoms with Crippen molar-refractivity contribution in [2.75, 3.05) is 6.54 Å². The lowest BCUT2D eigenvalue weighted by Crippen LogP contribution is -2.60. The number of nitrogens with two attached hydrogens (primary N) is 1. The monoisotopic (exact) mass is 216 g/mol. The van der Waals surface area contributed by atoms with Crippen molar-refractivity contribution < 1.29 is 0 Å². The van der Waals surface area contributed by atoms with Crippen molar-refractivity contribution in [1.82, 2.24) is 5.32 Å². The Morgan fingerprint density at radius 3 is 2.44 bits per heavy atom. The van der Waals surface area contributed by atoms with Crippen molar-refractivity contribution in [2.45, 2.75) is 37.3 Å². The molecule has 0 spiro atoms. The minimum Gasteiger partial charge on any atom is -0.322 e. The zero-order chi connectivity index (χ0) is 11.0. The number of fused-ring (bicyclic) bond motifs is 3. The minimum absolute atomic E-state index is 0.148. The van der Waals surface area contributed by atoms with E-state index in [1.165, 1.54) is 37.8 Å². The van der Waals surface area contributed by atoms with Gasteiger partial charge in [-0.1, -0.05) is 30.3 Å². The van der Waals surface area contributed by atoms with Gasteiger partial charge in [0.1, 0.15) is 0 Å². The highest BCUT2D eigenvalue weighted by molar-refractivity contribution is 5.24. The van der Waals surface area contributed by atoms with Gasteiger partial charge >= 0.3 is 0 Å². The summed E-state index contributed by atoms with van der Waals surface area (Å²) in [4.78, 5) is 0. The van der Waals surface area contributed by atoms with Crippen LogP contribution in [0, 0.1) is 5.92 Å². The van der Waals surface area contributed by atoms with E-state index in [1.807, 2.05) is 0 Å². The van der Waals surface area contributed by atoms with Crippen LogP contribution in [0.5, 0.6) is 0 Å². The van der Waals surface area contributed by atoms with Gasteiger partial charge in [0.05, 0.1) is 0 Å². The lowest BCUT2D eigenvalue weighted by Gasteiger charge is -2.50. The standard InChI is InChI=1S/C14H20N2/c15-13(12-4-2-1-3-5-12)14-8-6-11(7-9-14)10-16-14/h1-5,11,13,16H,6-10,15H2. The van der Waals surface area contributed by atoms with E-state index in [-0.39, 0.29) is 11.6 Å². The van der Waals surface area contributed by atoms with Gasteiger partial charge in [-0.2, -0.15) is 0 Å². The van der Waals surface area contributed by atoms with Crippen LogP contribution in [-0.2, 0) is 0 Å². The fourth-order valence-electron chi connectivity index (χ4n) is 3.32. The van der Waals surface area contributed by atoms with E-state index in [1.54, 1.807) is 0 Å². The first-order valence-electron chi connectivity index (χ1n) is 6.36. The molecule has 0 amide bonds. The van der Waals surface area contributed by atoms with Crippen LogP contribution in [0.4, 0.5) is 0 Å². The molecule has 1 atom stereocenters. The lowest BCUT2D eigenvalue weighted by molar-refractivity contribution is 0.0936. The topological polar surface area (TPSA) is 38.0 Å². The first kappa shape index (κ1) is 10.3. The third kappa shape index (κ3) is 1.57. The predicted molar refractivity (Wildman–Crippen MR) is 66.1 cm³/mol. The quantitative estimate of drug-likeness (QED) is 0.795. The van der Waals surface area contributed by atoms with Gasteiger partial charge < -0.3 is 11.1 Å². The van der Waals surface area contributed by atoms with Crippen LogP contribution in [0.2, 0.25) is 0 Å². The van der Waals surface area contributed by atoms with Crippen molar-refractivity contribution in [1.29, 1.82) is 0 Å². The van der Waals surface area contributed by atoms with Crippen molar-refractivity contribution in [3.8, 4) is 0 Å². The number of benzene rings is 1. The number of rotatable bonds is 2. The Kier molecular flexibility index (Phi) is 2.49. The van der Waals surface area contributed by atoms with Gasteiger partial charge in [-0.15, -0.1) is 0 Å². The second-order valence-electron chi connectivity index (χ2n) is 5.37. The number of nitrogens with one attached hydrogen (secondary N) is 1. The van der Waals surface area contributed by atoms with Crippen LogP contribution in [0.1, 0.15) is 37.3 Å². The first-order valence-corrected chi connectivity index (χ1v) is 6.36. The third-order valence-electron chi connectivity index (χ3n) is 4.49. The normalized spacial score (nSPS) is 34.9. The SMILES string of the molecule is NC(c1ccccc1)C12CCC(CC1)CN2. The number of piperidine rings is 2. The van der Waals surface area contributed by atoms with Crippen molar-refractivity contribution in [3.05, 3.63) is 35.9 Å². The summed E-state index contributed by atoms with van der Waals surface area (Å²) in [5, 5.41) is 3.71. The van der Waals surface area contributed by atoms with Crippen LogP contribution >= 0.6 is 0 Å². The summed E-state index contributed by atoms with van der Waals surface area (Å²) in [6.45, 7) is 1.17. The molecule has 3 aliphatic rings. The van der Waals surface area contributed by atoms with E-state index < -0.39 is 0 Å². The molecule has 1 unspecified atom stereocenters. The maximum absolute atomic E-state index is 6.48. The molecule has 2 saturated heterocycles. The molecule has 2 aliphatic heterocycles. The fourth-order valence-corrected chi connectivity index (χ4v) is 3.32. The zero-order valence-corrected chi connectivity index (χ0v) is 9.65. The van der Waals surface area contributed by atoms with Crippen LogP contribution in [0.3, 0.4) is 0 Å². The fraction of sp³-hybridized carbons (Fsp3) is 0.571. The second-order valence-corrected chi connectivity index (χ2v) is 5.37. The Morgan fingerprint density at radius 1 is 1.19 bits per heavy atom. The molecule has 2 heterocycles. The van der Waals surface area contributed by atoms with Gasteiger partial charge in [-0.25, -0.2) is 0 Å². The van der Waals surface area contributed by atoms with Crippen molar-refractivity contribution >= 4 is 0 Å². The molecule has 1 saturated carbocycles. The summed E-state index contributed by atoms with van der Waals surface area (Å²) in [7, 11) is 0. The van der Waals surface area contributed by atoms with Gasteiger partial charge in [0.2, 0.25) is 0 Å². The van der Waals surface area contributed by atoms with Crippen molar-refractivity contribution in [3.63, 3.8) is 0 Å². The number of hydrogen-bond acceptors (Lipinski definition) is 2. The van der Waals surface area contributed by atoms with E-state index in [0.29, 0.717) is 0 Å². The summed E-state index contributed by atoms with van der Waals surface area (Å²) in [5.41, 5.74) is 7.93. The van der Waals surface area contributed by atoms with Crippen LogP contribution in [0.15, 0.2) is 30.3 Å². The summed E-state index contributed by atoms with van der Waals surface area (Å²) < 4.78 is 0. The van der Waals surface area contributed by atoms with Gasteiger partial charge in [0.15, 0.2) is 0 Å². The predicted octanol–water partition coefficient (Wildman–Crippen LogP) is 2.22. The lowest BCUT2D eigenvalue weighted by atomic mass is 9.67. The Morgan fingerprint density at radius 2 is 1.88 bits per heavy atom. The smallest absolute Gasteiger partial charge is 0.0479 e. The van der Waals surface area contributed by atoms with Gasteiger partial charge in [-0.3, -0.25) is 0 Å². The molecule has 0 aromatic heterocycles. The van der Waals surface area contributed by atoms with E-state index >= 15 is 0 Å².